The van der Waals surface area contributed by atoms with E-state index < -0.39 is 89.7 Å². The average molecular weight is 658 g/mol. The molecule has 0 aromatic carbocycles. The van der Waals surface area contributed by atoms with E-state index in [2.05, 4.69) is 30.3 Å². The third-order valence-corrected chi connectivity index (χ3v) is 9.36. The van der Waals surface area contributed by atoms with Crippen molar-refractivity contribution in [2.24, 2.45) is 9.98 Å². The van der Waals surface area contributed by atoms with Gasteiger partial charge in [0.15, 0.2) is 29.6 Å². The number of aliphatic hydroxyl groups is 1. The van der Waals surface area contributed by atoms with Crippen LogP contribution in [0.5, 0.6) is 0 Å². The monoisotopic (exact) mass is 658 g/mol. The van der Waals surface area contributed by atoms with Crippen LogP contribution in [0.3, 0.4) is 0 Å². The number of phosphoric acid groups is 2. The Morgan fingerprint density at radius 2 is 1.80 bits per heavy atom. The zero-order valence-electron chi connectivity index (χ0n) is 22.1. The summed E-state index contributed by atoms with van der Waals surface area (Å²) in [7, 11) is -9.89. The molecule has 0 saturated carbocycles. The summed E-state index contributed by atoms with van der Waals surface area (Å²) in [6.45, 7) is -1.41. The molecule has 0 radical (unpaired) electrons. The number of nitrogen functional groups attached to an aromatic ring is 1. The largest absolute Gasteiger partial charge is 0.472 e. The lowest BCUT2D eigenvalue weighted by molar-refractivity contribution is -0.119. The van der Waals surface area contributed by atoms with Crippen LogP contribution in [0.25, 0.3) is 11.2 Å². The summed E-state index contributed by atoms with van der Waals surface area (Å²) in [6.07, 6.45) is -5.90. The lowest BCUT2D eigenvalue weighted by atomic mass is 10.1. The number of imidazole rings is 1. The molecule has 7 heterocycles. The number of fused-ring (bicyclic) bond motifs is 5. The number of phosphoric ester groups is 2. The summed E-state index contributed by atoms with van der Waals surface area (Å²) in [4.78, 5) is 54.8. The molecule has 5 unspecified atom stereocenters. The molecule has 7 N–H and O–H groups in total. The van der Waals surface area contributed by atoms with E-state index in [1.165, 1.54) is 17.2 Å². The third-order valence-electron chi connectivity index (χ3n) is 7.36. The van der Waals surface area contributed by atoms with Gasteiger partial charge in [-0.25, -0.2) is 24.1 Å². The van der Waals surface area contributed by atoms with Gasteiger partial charge in [0.25, 0.3) is 5.91 Å². The molecule has 44 heavy (non-hydrogen) atoms. The first-order valence-corrected chi connectivity index (χ1v) is 15.9. The molecule has 22 nitrogen and oxygen atoms in total. The van der Waals surface area contributed by atoms with E-state index in [1.807, 2.05) is 0 Å². The van der Waals surface area contributed by atoms with E-state index >= 15 is 0 Å². The number of aliphatic imine (C=N–C) groups is 2. The minimum Gasteiger partial charge on any atom is -0.387 e. The van der Waals surface area contributed by atoms with E-state index in [9.17, 15) is 28.8 Å². The quantitative estimate of drug-likeness (QED) is 0.190. The zero-order valence-corrected chi connectivity index (χ0v) is 23.9. The van der Waals surface area contributed by atoms with Gasteiger partial charge in [-0.3, -0.25) is 48.1 Å². The Balaban J connectivity index is 1.16. The first-order chi connectivity index (χ1) is 20.9. The Morgan fingerprint density at radius 3 is 2.59 bits per heavy atom. The summed E-state index contributed by atoms with van der Waals surface area (Å²) in [6, 6.07) is -1.16. The van der Waals surface area contributed by atoms with Crippen molar-refractivity contribution in [2.75, 3.05) is 18.9 Å². The van der Waals surface area contributed by atoms with Crippen LogP contribution >= 0.6 is 15.6 Å². The van der Waals surface area contributed by atoms with Crippen LogP contribution in [0.4, 0.5) is 5.82 Å². The van der Waals surface area contributed by atoms with Gasteiger partial charge in [0.1, 0.15) is 48.6 Å². The third kappa shape index (κ3) is 5.22. The summed E-state index contributed by atoms with van der Waals surface area (Å²) >= 11 is 0. The Kier molecular flexibility index (Phi) is 7.14. The van der Waals surface area contributed by atoms with Gasteiger partial charge in [-0.05, 0) is 0 Å². The lowest BCUT2D eigenvalue weighted by Crippen LogP contribution is -2.53. The van der Waals surface area contributed by atoms with Crippen molar-refractivity contribution < 1.29 is 56.4 Å². The maximum Gasteiger partial charge on any atom is 0.472 e. The Labute approximate surface area is 245 Å². The van der Waals surface area contributed by atoms with E-state index in [-0.39, 0.29) is 23.6 Å². The second kappa shape index (κ2) is 10.7. The predicted octanol–water partition coefficient (Wildman–Crippen LogP) is -2.02. The highest BCUT2D eigenvalue weighted by atomic mass is 31.2. The molecular formula is C20H24N10O12P2. The van der Waals surface area contributed by atoms with Gasteiger partial charge in [0.2, 0.25) is 5.96 Å². The van der Waals surface area contributed by atoms with Crippen molar-refractivity contribution in [3.05, 3.63) is 12.7 Å². The number of hydrogen-bond donors (Lipinski definition) is 6. The molecule has 3 fully saturated rings. The molecule has 0 aliphatic carbocycles. The summed E-state index contributed by atoms with van der Waals surface area (Å²) in [5, 5.41) is 20.9. The molecule has 24 heteroatoms. The average Bonchev–Trinajstić information content (AvgIpc) is 3.72. The van der Waals surface area contributed by atoms with E-state index in [0.717, 1.165) is 11.2 Å². The van der Waals surface area contributed by atoms with Crippen molar-refractivity contribution >= 4 is 56.7 Å². The van der Waals surface area contributed by atoms with Gasteiger partial charge in [-0.1, -0.05) is 0 Å². The number of anilines is 1. The number of ether oxygens (including phenoxy) is 2. The van der Waals surface area contributed by atoms with Crippen LogP contribution in [-0.2, 0) is 41.5 Å². The standard InChI is InChI=1S/C20H24N10O12P2/c21-15-11-16(24-4-23-15)29(5-25-11)10-1-7-8(39-10)2-37-44(35,36)42-14-13(31)9(3-38-43(33,34)41-7)40-19(14)30-6-26-12-17(30)27-20(22)28-18(12)32/h4-10,12-14,19,31H,1-3H2,(H,33,34)(H,35,36)(H2,21,23,24)(H2,22,28,32)/t7?,8-,9-,10-,12?,13?,14+,19-/m1/s1. The van der Waals surface area contributed by atoms with Crippen LogP contribution in [0.1, 0.15) is 12.6 Å². The number of aromatic nitrogens is 4. The molecule has 2 aromatic rings. The van der Waals surface area contributed by atoms with Crippen molar-refractivity contribution in [3.63, 3.8) is 0 Å². The number of nitrogens with zero attached hydrogens (tertiary/aromatic N) is 7. The highest BCUT2D eigenvalue weighted by molar-refractivity contribution is 7.47. The fourth-order valence-corrected chi connectivity index (χ4v) is 7.25. The number of amidine groups is 1. The Bertz CT molecular complexity index is 1690. The zero-order chi connectivity index (χ0) is 31.0. The molecule has 5 aliphatic heterocycles. The van der Waals surface area contributed by atoms with Crippen molar-refractivity contribution in [1.29, 1.82) is 5.41 Å². The second-order valence-corrected chi connectivity index (χ2v) is 12.9. The minimum atomic E-state index is -5.02. The maximum absolute atomic E-state index is 13.2. The van der Waals surface area contributed by atoms with Gasteiger partial charge in [-0.2, -0.15) is 4.99 Å². The number of amides is 1. The number of aliphatic hydroxyl groups excluding tert-OH is 1. The van der Waals surface area contributed by atoms with Gasteiger partial charge >= 0.3 is 15.6 Å². The molecule has 5 aliphatic rings. The van der Waals surface area contributed by atoms with Crippen LogP contribution in [0.2, 0.25) is 0 Å². The maximum atomic E-state index is 13.2. The fourth-order valence-electron chi connectivity index (χ4n) is 5.36. The smallest absolute Gasteiger partial charge is 0.387 e. The highest BCUT2D eigenvalue weighted by Gasteiger charge is 2.55. The normalized spacial score (nSPS) is 41.0. The number of nitrogens with two attached hydrogens (primary N) is 1. The van der Waals surface area contributed by atoms with Crippen LogP contribution in [0.15, 0.2) is 22.6 Å². The van der Waals surface area contributed by atoms with Gasteiger partial charge in [0.05, 0.1) is 25.9 Å². The van der Waals surface area contributed by atoms with Gasteiger partial charge < -0.3 is 30.1 Å². The molecule has 3 saturated heterocycles. The molecule has 0 spiro atoms. The van der Waals surface area contributed by atoms with Gasteiger partial charge in [0, 0.05) is 6.42 Å². The molecule has 236 valence electrons. The number of carbonyl (C=O) groups is 1. The molecule has 1 amide bonds. The Morgan fingerprint density at radius 1 is 1.05 bits per heavy atom. The van der Waals surface area contributed by atoms with E-state index in [4.69, 9.17) is 38.7 Å². The van der Waals surface area contributed by atoms with Crippen LogP contribution in [0, 0.1) is 5.41 Å². The molecule has 2 aromatic heterocycles. The van der Waals surface area contributed by atoms with Crippen molar-refractivity contribution in [1.82, 2.24) is 29.7 Å². The Hall–Kier alpha value is -3.27. The van der Waals surface area contributed by atoms with Crippen molar-refractivity contribution in [3.8, 4) is 0 Å². The number of nitrogens with one attached hydrogen (secondary N) is 2. The first-order valence-electron chi connectivity index (χ1n) is 12.9. The molecule has 7 rings (SSSR count). The van der Waals surface area contributed by atoms with Gasteiger partial charge in [-0.15, -0.1) is 0 Å². The topological polar surface area (TPSA) is 301 Å². The van der Waals surface area contributed by atoms with E-state index in [0.29, 0.717) is 5.65 Å². The van der Waals surface area contributed by atoms with Crippen LogP contribution < -0.4 is 11.1 Å². The van der Waals surface area contributed by atoms with E-state index in [1.54, 1.807) is 0 Å². The van der Waals surface area contributed by atoms with Crippen molar-refractivity contribution in [2.45, 2.75) is 55.4 Å². The van der Waals surface area contributed by atoms with Crippen LogP contribution in [-0.4, -0.2) is 119 Å². The predicted molar refractivity (Wildman–Crippen MR) is 142 cm³/mol. The second-order valence-electron chi connectivity index (χ2n) is 10.1. The number of hydrogen-bond acceptors (Lipinski definition) is 17. The number of carbonyl (C=O) groups excluding carboxylic acids is 1. The highest BCUT2D eigenvalue weighted by Crippen LogP contribution is 2.53. The summed E-state index contributed by atoms with van der Waals surface area (Å²) in [5.74, 6) is -1.11. The molecule has 2 bridgehead atoms. The first kappa shape index (κ1) is 29.4. The fraction of sp³-hybridized carbons (Fsp3) is 0.550. The lowest BCUT2D eigenvalue weighted by Gasteiger charge is -2.31. The summed E-state index contributed by atoms with van der Waals surface area (Å²) < 4.78 is 60.5. The minimum absolute atomic E-state index is 0.0682. The molecular weight excluding hydrogens is 634 g/mol. The summed E-state index contributed by atoms with van der Waals surface area (Å²) in [5.41, 5.74) is 6.44. The SMILES string of the molecule is N=C1N=C2C(N=CN2[C@@H]2O[C@@H]3COP(=O)(O)OC4C[C@H](n5cnc6c(N)ncnc65)O[C@@H]4COP(=O)(O)O[C@H]2C3O)C(=O)N1. The number of rotatable bonds is 2. The number of guanidine groups is 1. The molecule has 10 atom stereocenters.